The van der Waals surface area contributed by atoms with Crippen LogP contribution in [-0.2, 0) is 6.54 Å². The molecule has 2 heterocycles. The predicted molar refractivity (Wildman–Crippen MR) is 134 cm³/mol. The van der Waals surface area contributed by atoms with E-state index in [-0.39, 0.29) is 18.0 Å². The van der Waals surface area contributed by atoms with Gasteiger partial charge >= 0.3 is 0 Å². The number of piperazine rings is 1. The summed E-state index contributed by atoms with van der Waals surface area (Å²) in [4.78, 5) is 22.1. The Morgan fingerprint density at radius 3 is 2.06 bits per heavy atom. The summed E-state index contributed by atoms with van der Waals surface area (Å²) < 4.78 is 2.20. The summed E-state index contributed by atoms with van der Waals surface area (Å²) in [6.07, 6.45) is 0. The quantitative estimate of drug-likeness (QED) is 0.458. The Labute approximate surface area is 194 Å². The number of benzene rings is 3. The van der Waals surface area contributed by atoms with E-state index in [1.807, 2.05) is 54.6 Å². The van der Waals surface area contributed by atoms with Gasteiger partial charge in [-0.15, -0.1) is 12.4 Å². The van der Waals surface area contributed by atoms with Gasteiger partial charge in [-0.1, -0.05) is 60.7 Å². The lowest BCUT2D eigenvalue weighted by Crippen LogP contribution is -2.47. The van der Waals surface area contributed by atoms with E-state index in [4.69, 9.17) is 0 Å². The highest BCUT2D eigenvalue weighted by molar-refractivity contribution is 5.85. The van der Waals surface area contributed by atoms with Crippen LogP contribution >= 0.6 is 12.4 Å². The minimum atomic E-state index is -0.165. The van der Waals surface area contributed by atoms with Crippen molar-refractivity contribution in [1.29, 1.82) is 0 Å². The number of hydrogen-bond donors (Lipinski definition) is 0. The number of halogens is 1. The highest BCUT2D eigenvalue weighted by Crippen LogP contribution is 2.21. The predicted octanol–water partition coefficient (Wildman–Crippen LogP) is 4.31. The molecule has 0 amide bonds. The number of hydrogen-bond acceptors (Lipinski definition) is 4. The van der Waals surface area contributed by atoms with Crippen molar-refractivity contribution in [3.05, 3.63) is 95.3 Å². The average molecular weight is 447 g/mol. The second-order valence-corrected chi connectivity index (χ2v) is 7.94. The Kier molecular flexibility index (Phi) is 6.88. The topological polar surface area (TPSA) is 41.4 Å². The third kappa shape index (κ3) is 4.54. The lowest BCUT2D eigenvalue weighted by molar-refractivity contribution is 0.249. The normalized spacial score (nSPS) is 14.3. The summed E-state index contributed by atoms with van der Waals surface area (Å²) in [7, 11) is 0. The first-order chi connectivity index (χ1) is 15.3. The Hall–Kier alpha value is -3.15. The van der Waals surface area contributed by atoms with Gasteiger partial charge in [-0.05, 0) is 24.3 Å². The van der Waals surface area contributed by atoms with E-state index in [0.717, 1.165) is 56.2 Å². The number of fused-ring (bicyclic) bond motifs is 1. The maximum atomic E-state index is 12.7. The second kappa shape index (κ2) is 9.98. The Bertz CT molecular complexity index is 1220. The molecule has 0 radical (unpaired) electrons. The molecule has 0 N–H and O–H groups in total. The Balaban J connectivity index is 0.00000245. The van der Waals surface area contributed by atoms with Crippen LogP contribution in [0.2, 0.25) is 0 Å². The largest absolute Gasteiger partial charge is 0.369 e. The van der Waals surface area contributed by atoms with E-state index in [2.05, 4.69) is 49.7 Å². The Morgan fingerprint density at radius 1 is 0.719 bits per heavy atom. The summed E-state index contributed by atoms with van der Waals surface area (Å²) in [5.74, 6) is 0.743. The maximum Gasteiger partial charge on any atom is 0.281 e. The summed E-state index contributed by atoms with van der Waals surface area (Å²) in [5, 5.41) is 0.677. The molecule has 0 saturated carbocycles. The standard InChI is InChI=1S/C26H26N4O.ClH/c31-26-23-13-7-8-14-24(23)30(25(27-26)21-9-3-1-4-10-21)20-17-28-15-18-29(19-16-28)22-11-5-2-6-12-22;/h1-14H,15-20H2;1H. The van der Waals surface area contributed by atoms with Crippen molar-refractivity contribution >= 4 is 29.0 Å². The van der Waals surface area contributed by atoms with Crippen molar-refractivity contribution in [3.63, 3.8) is 0 Å². The van der Waals surface area contributed by atoms with E-state index in [1.54, 1.807) is 0 Å². The van der Waals surface area contributed by atoms with Crippen LogP contribution in [0.3, 0.4) is 0 Å². The highest BCUT2D eigenvalue weighted by Gasteiger charge is 2.18. The van der Waals surface area contributed by atoms with Gasteiger partial charge in [-0.25, -0.2) is 0 Å². The molecule has 0 atom stereocenters. The van der Waals surface area contributed by atoms with Crippen molar-refractivity contribution in [1.82, 2.24) is 14.5 Å². The van der Waals surface area contributed by atoms with Crippen molar-refractivity contribution < 1.29 is 0 Å². The van der Waals surface area contributed by atoms with Crippen LogP contribution < -0.4 is 10.5 Å². The molecule has 6 heteroatoms. The zero-order chi connectivity index (χ0) is 21.0. The van der Waals surface area contributed by atoms with Gasteiger partial charge in [0.1, 0.15) is 5.82 Å². The zero-order valence-corrected chi connectivity index (χ0v) is 18.7. The molecule has 1 fully saturated rings. The van der Waals surface area contributed by atoms with E-state index in [9.17, 15) is 4.79 Å². The molecule has 0 bridgehead atoms. The summed E-state index contributed by atoms with van der Waals surface area (Å²) in [6, 6.07) is 28.4. The van der Waals surface area contributed by atoms with Gasteiger partial charge in [0, 0.05) is 50.5 Å². The van der Waals surface area contributed by atoms with Crippen LogP contribution in [0.1, 0.15) is 0 Å². The molecular weight excluding hydrogens is 420 g/mol. The van der Waals surface area contributed by atoms with E-state index in [1.165, 1.54) is 5.69 Å². The van der Waals surface area contributed by atoms with Crippen molar-refractivity contribution in [2.24, 2.45) is 0 Å². The molecule has 3 aromatic carbocycles. The summed E-state index contributed by atoms with van der Waals surface area (Å²) >= 11 is 0. The number of anilines is 1. The van der Waals surface area contributed by atoms with Crippen LogP contribution in [0.5, 0.6) is 0 Å². The first-order valence-corrected chi connectivity index (χ1v) is 10.9. The van der Waals surface area contributed by atoms with Crippen LogP contribution in [0.4, 0.5) is 5.69 Å². The second-order valence-electron chi connectivity index (χ2n) is 7.94. The van der Waals surface area contributed by atoms with Gasteiger partial charge in [0.15, 0.2) is 0 Å². The van der Waals surface area contributed by atoms with Crippen molar-refractivity contribution in [3.8, 4) is 11.4 Å². The van der Waals surface area contributed by atoms with E-state index in [0.29, 0.717) is 5.39 Å². The molecule has 0 unspecified atom stereocenters. The van der Waals surface area contributed by atoms with Crippen LogP contribution in [0.15, 0.2) is 89.7 Å². The zero-order valence-electron chi connectivity index (χ0n) is 17.9. The number of para-hydroxylation sites is 2. The molecule has 1 saturated heterocycles. The summed E-state index contributed by atoms with van der Waals surface area (Å²) in [6.45, 7) is 5.83. The average Bonchev–Trinajstić information content (AvgIpc) is 2.85. The van der Waals surface area contributed by atoms with Gasteiger partial charge in [0.2, 0.25) is 0 Å². The molecule has 1 aliphatic heterocycles. The van der Waals surface area contributed by atoms with Gasteiger partial charge < -0.3 is 9.47 Å². The van der Waals surface area contributed by atoms with Crippen molar-refractivity contribution in [2.45, 2.75) is 6.54 Å². The number of nitrogens with zero attached hydrogens (tertiary/aromatic N) is 4. The third-order valence-electron chi connectivity index (χ3n) is 6.05. The molecule has 4 aromatic rings. The molecular formula is C26H27ClN4O. The number of rotatable bonds is 5. The maximum absolute atomic E-state index is 12.7. The van der Waals surface area contributed by atoms with E-state index < -0.39 is 0 Å². The van der Waals surface area contributed by atoms with Gasteiger partial charge in [-0.2, -0.15) is 4.98 Å². The van der Waals surface area contributed by atoms with E-state index >= 15 is 0 Å². The molecule has 164 valence electrons. The molecule has 1 aromatic heterocycles. The molecule has 32 heavy (non-hydrogen) atoms. The molecule has 0 aliphatic carbocycles. The van der Waals surface area contributed by atoms with Gasteiger partial charge in [-0.3, -0.25) is 9.69 Å². The fourth-order valence-corrected chi connectivity index (χ4v) is 4.36. The summed E-state index contributed by atoms with van der Waals surface area (Å²) in [5.41, 5.74) is 3.05. The van der Waals surface area contributed by atoms with Crippen LogP contribution in [0.25, 0.3) is 22.3 Å². The first-order valence-electron chi connectivity index (χ1n) is 10.9. The number of aromatic nitrogens is 2. The molecule has 5 nitrogen and oxygen atoms in total. The third-order valence-corrected chi connectivity index (χ3v) is 6.05. The smallest absolute Gasteiger partial charge is 0.281 e. The van der Waals surface area contributed by atoms with Gasteiger partial charge in [0.25, 0.3) is 5.56 Å². The minimum Gasteiger partial charge on any atom is -0.369 e. The lowest BCUT2D eigenvalue weighted by Gasteiger charge is -2.36. The van der Waals surface area contributed by atoms with Crippen LogP contribution in [0, 0.1) is 0 Å². The molecule has 5 rings (SSSR count). The fraction of sp³-hybridized carbons (Fsp3) is 0.231. The fourth-order valence-electron chi connectivity index (χ4n) is 4.36. The molecule has 1 aliphatic rings. The SMILES string of the molecule is Cl.O=c1nc(-c2ccccc2)n(CCN2CCN(c3ccccc3)CC2)c2ccccc12. The van der Waals surface area contributed by atoms with Crippen LogP contribution in [-0.4, -0.2) is 47.2 Å². The molecule has 0 spiro atoms. The Morgan fingerprint density at radius 2 is 1.34 bits per heavy atom. The monoisotopic (exact) mass is 446 g/mol. The lowest BCUT2D eigenvalue weighted by atomic mass is 10.1. The highest BCUT2D eigenvalue weighted by atomic mass is 35.5. The van der Waals surface area contributed by atoms with Crippen molar-refractivity contribution in [2.75, 3.05) is 37.6 Å². The first kappa shape index (κ1) is 22.1. The van der Waals surface area contributed by atoms with Gasteiger partial charge in [0.05, 0.1) is 10.9 Å². The minimum absolute atomic E-state index is 0.